The summed E-state index contributed by atoms with van der Waals surface area (Å²) in [5.41, 5.74) is 7.76. The van der Waals surface area contributed by atoms with Crippen LogP contribution in [-0.4, -0.2) is 27.2 Å². The van der Waals surface area contributed by atoms with Crippen molar-refractivity contribution in [2.24, 2.45) is 0 Å². The smallest absolute Gasteiger partial charge is 0.224 e. The van der Waals surface area contributed by atoms with Crippen LogP contribution in [0.4, 0.5) is 0 Å². The highest BCUT2D eigenvalue weighted by molar-refractivity contribution is 5.90. The molecule has 2 heterocycles. The largest absolute Gasteiger partial charge is 0.358 e. The van der Waals surface area contributed by atoms with Crippen molar-refractivity contribution in [1.82, 2.24) is 20.1 Å². The molecule has 0 radical (unpaired) electrons. The Hall–Kier alpha value is -3.34. The molecule has 1 amide bonds. The van der Waals surface area contributed by atoms with Gasteiger partial charge in [-0.25, -0.2) is 4.68 Å². The van der Waals surface area contributed by atoms with Crippen LogP contribution in [0, 0.1) is 20.8 Å². The van der Waals surface area contributed by atoms with Crippen LogP contribution in [0.15, 0.2) is 54.7 Å². The Kier molecular flexibility index (Phi) is 5.70. The molecular weight excluding hydrogens is 372 g/mol. The standard InChI is InChI=1S/C25H28N4O/c1-17-11-12-24-23(14-17)22(19(3)27-24)15-25(30)26-13-7-8-20-16-29(28-18(20)2)21-9-5-4-6-10-21/h4-6,9-12,14,16,27H,7-8,13,15H2,1-3H3,(H,26,30). The summed E-state index contributed by atoms with van der Waals surface area (Å²) in [7, 11) is 0. The molecule has 0 aliphatic carbocycles. The fraction of sp³-hybridized carbons (Fsp3) is 0.280. The van der Waals surface area contributed by atoms with Crippen LogP contribution in [0.1, 0.15) is 34.5 Å². The third-order valence-electron chi connectivity index (χ3n) is 5.58. The van der Waals surface area contributed by atoms with E-state index in [2.05, 4.69) is 46.7 Å². The van der Waals surface area contributed by atoms with E-state index in [0.29, 0.717) is 13.0 Å². The molecule has 4 aromatic rings. The lowest BCUT2D eigenvalue weighted by Gasteiger charge is -2.06. The topological polar surface area (TPSA) is 62.7 Å². The van der Waals surface area contributed by atoms with E-state index in [1.54, 1.807) is 0 Å². The van der Waals surface area contributed by atoms with Crippen molar-refractivity contribution in [3.8, 4) is 5.69 Å². The van der Waals surface area contributed by atoms with Crippen LogP contribution < -0.4 is 5.32 Å². The molecule has 2 N–H and O–H groups in total. The zero-order chi connectivity index (χ0) is 21.1. The van der Waals surface area contributed by atoms with E-state index < -0.39 is 0 Å². The molecule has 0 fully saturated rings. The van der Waals surface area contributed by atoms with E-state index in [4.69, 9.17) is 0 Å². The molecule has 0 unspecified atom stereocenters. The second kappa shape index (κ2) is 8.57. The van der Waals surface area contributed by atoms with Gasteiger partial charge in [0.1, 0.15) is 0 Å². The number of benzene rings is 2. The summed E-state index contributed by atoms with van der Waals surface area (Å²) in [6.07, 6.45) is 4.27. The van der Waals surface area contributed by atoms with Crippen molar-refractivity contribution < 1.29 is 4.79 Å². The molecule has 5 nitrogen and oxygen atoms in total. The minimum Gasteiger partial charge on any atom is -0.358 e. The molecule has 2 aromatic carbocycles. The number of aromatic nitrogens is 3. The third-order valence-corrected chi connectivity index (χ3v) is 5.58. The molecule has 0 saturated heterocycles. The first-order valence-corrected chi connectivity index (χ1v) is 10.5. The van der Waals surface area contributed by atoms with Gasteiger partial charge < -0.3 is 10.3 Å². The summed E-state index contributed by atoms with van der Waals surface area (Å²) in [6.45, 7) is 6.81. The zero-order valence-electron chi connectivity index (χ0n) is 17.8. The molecule has 0 bridgehead atoms. The van der Waals surface area contributed by atoms with Gasteiger partial charge in [-0.1, -0.05) is 29.8 Å². The summed E-state index contributed by atoms with van der Waals surface area (Å²) in [4.78, 5) is 15.9. The Balaban J connectivity index is 1.31. The minimum atomic E-state index is 0.0669. The second-order valence-electron chi connectivity index (χ2n) is 7.93. The van der Waals surface area contributed by atoms with E-state index in [0.717, 1.165) is 46.4 Å². The highest BCUT2D eigenvalue weighted by atomic mass is 16.1. The van der Waals surface area contributed by atoms with E-state index in [1.165, 1.54) is 11.1 Å². The van der Waals surface area contributed by atoms with Gasteiger partial charge in [0.15, 0.2) is 0 Å². The van der Waals surface area contributed by atoms with Gasteiger partial charge in [0.25, 0.3) is 0 Å². The number of H-pyrrole nitrogens is 1. The minimum absolute atomic E-state index is 0.0669. The number of hydrogen-bond donors (Lipinski definition) is 2. The molecule has 0 aliphatic heterocycles. The predicted molar refractivity (Wildman–Crippen MR) is 121 cm³/mol. The van der Waals surface area contributed by atoms with Gasteiger partial charge in [-0.2, -0.15) is 5.10 Å². The quantitative estimate of drug-likeness (QED) is 0.446. The van der Waals surface area contributed by atoms with E-state index in [-0.39, 0.29) is 5.91 Å². The fourth-order valence-corrected chi connectivity index (χ4v) is 3.91. The Morgan fingerprint density at radius 2 is 1.90 bits per heavy atom. The lowest BCUT2D eigenvalue weighted by molar-refractivity contribution is -0.120. The summed E-state index contributed by atoms with van der Waals surface area (Å²) in [6, 6.07) is 16.4. The van der Waals surface area contributed by atoms with Gasteiger partial charge in [-0.3, -0.25) is 4.79 Å². The fourth-order valence-electron chi connectivity index (χ4n) is 3.91. The first kappa shape index (κ1) is 20.0. The maximum atomic E-state index is 12.5. The number of fused-ring (bicyclic) bond motifs is 1. The number of rotatable bonds is 7. The van der Waals surface area contributed by atoms with Gasteiger partial charge >= 0.3 is 0 Å². The van der Waals surface area contributed by atoms with Crippen molar-refractivity contribution in [1.29, 1.82) is 0 Å². The Bertz CT molecular complexity index is 1170. The Labute approximate surface area is 177 Å². The number of carbonyl (C=O) groups excluding carboxylic acids is 1. The lowest BCUT2D eigenvalue weighted by atomic mass is 10.1. The average molecular weight is 401 g/mol. The van der Waals surface area contributed by atoms with Crippen LogP contribution in [0.25, 0.3) is 16.6 Å². The normalized spacial score (nSPS) is 11.2. The van der Waals surface area contributed by atoms with Gasteiger partial charge in [-0.05, 0) is 69.0 Å². The predicted octanol–water partition coefficient (Wildman–Crippen LogP) is 4.57. The van der Waals surface area contributed by atoms with E-state index in [1.807, 2.05) is 48.9 Å². The van der Waals surface area contributed by atoms with Crippen LogP contribution in [0.2, 0.25) is 0 Å². The van der Waals surface area contributed by atoms with Gasteiger partial charge in [0.05, 0.1) is 17.8 Å². The van der Waals surface area contributed by atoms with Crippen LogP contribution in [0.5, 0.6) is 0 Å². The summed E-state index contributed by atoms with van der Waals surface area (Å²) >= 11 is 0. The van der Waals surface area contributed by atoms with Gasteiger partial charge in [0, 0.05) is 29.3 Å². The first-order chi connectivity index (χ1) is 14.5. The van der Waals surface area contributed by atoms with Crippen LogP contribution >= 0.6 is 0 Å². The average Bonchev–Trinajstić information content (AvgIpc) is 3.26. The molecule has 30 heavy (non-hydrogen) atoms. The Morgan fingerprint density at radius 1 is 1.10 bits per heavy atom. The van der Waals surface area contributed by atoms with Crippen molar-refractivity contribution in [3.63, 3.8) is 0 Å². The second-order valence-corrected chi connectivity index (χ2v) is 7.93. The molecule has 0 spiro atoms. The van der Waals surface area contributed by atoms with Gasteiger partial charge in [-0.15, -0.1) is 0 Å². The zero-order valence-corrected chi connectivity index (χ0v) is 17.8. The molecule has 5 heteroatoms. The number of aromatic amines is 1. The number of nitrogens with one attached hydrogen (secondary N) is 2. The molecule has 0 aliphatic rings. The summed E-state index contributed by atoms with van der Waals surface area (Å²) < 4.78 is 1.92. The van der Waals surface area contributed by atoms with Crippen LogP contribution in [0.3, 0.4) is 0 Å². The molecule has 0 saturated carbocycles. The van der Waals surface area contributed by atoms with E-state index in [9.17, 15) is 4.79 Å². The molecular formula is C25H28N4O. The lowest BCUT2D eigenvalue weighted by Crippen LogP contribution is -2.26. The Morgan fingerprint density at radius 3 is 2.70 bits per heavy atom. The SMILES string of the molecule is Cc1ccc2[nH]c(C)c(CC(=O)NCCCc3cn(-c4ccccc4)nc3C)c2c1. The maximum absolute atomic E-state index is 12.5. The van der Waals surface area contributed by atoms with Crippen molar-refractivity contribution in [3.05, 3.63) is 82.8 Å². The van der Waals surface area contributed by atoms with Crippen LogP contribution in [-0.2, 0) is 17.6 Å². The number of carbonyl (C=O) groups is 1. The maximum Gasteiger partial charge on any atom is 0.224 e. The molecule has 154 valence electrons. The van der Waals surface area contributed by atoms with Crippen molar-refractivity contribution in [2.45, 2.75) is 40.0 Å². The van der Waals surface area contributed by atoms with Crippen molar-refractivity contribution in [2.75, 3.05) is 6.54 Å². The number of hydrogen-bond acceptors (Lipinski definition) is 2. The highest BCUT2D eigenvalue weighted by Gasteiger charge is 2.13. The number of aryl methyl sites for hydroxylation is 4. The van der Waals surface area contributed by atoms with E-state index >= 15 is 0 Å². The number of para-hydroxylation sites is 1. The van der Waals surface area contributed by atoms with Gasteiger partial charge in [0.2, 0.25) is 5.91 Å². The first-order valence-electron chi connectivity index (χ1n) is 10.5. The highest BCUT2D eigenvalue weighted by Crippen LogP contribution is 2.23. The molecule has 4 rings (SSSR count). The summed E-state index contributed by atoms with van der Waals surface area (Å²) in [5.74, 6) is 0.0669. The molecule has 2 aromatic heterocycles. The number of amides is 1. The third kappa shape index (κ3) is 4.30. The molecule has 0 atom stereocenters. The number of nitrogens with zero attached hydrogens (tertiary/aromatic N) is 2. The monoisotopic (exact) mass is 400 g/mol. The van der Waals surface area contributed by atoms with Crippen molar-refractivity contribution >= 4 is 16.8 Å². The summed E-state index contributed by atoms with van der Waals surface area (Å²) in [5, 5.41) is 8.84.